The predicted molar refractivity (Wildman–Crippen MR) is 175 cm³/mol. The van der Waals surface area contributed by atoms with E-state index in [1.807, 2.05) is 43.3 Å². The number of carboxylic acid groups (broad SMARTS) is 2. The molecular weight excluding hydrogens is 614 g/mol. The van der Waals surface area contributed by atoms with Gasteiger partial charge in [-0.05, 0) is 66.5 Å². The Morgan fingerprint density at radius 3 is 1.37 bits per heavy atom. The van der Waals surface area contributed by atoms with Gasteiger partial charge in [0.1, 0.15) is 17.8 Å². The molecule has 0 fully saturated rings. The molecule has 0 bridgehead atoms. The lowest BCUT2D eigenvalue weighted by Gasteiger charge is -2.09. The van der Waals surface area contributed by atoms with E-state index in [0.717, 1.165) is 22.3 Å². The Labute approximate surface area is 267 Å². The lowest BCUT2D eigenvalue weighted by molar-refractivity contribution is -0.139. The van der Waals surface area contributed by atoms with Gasteiger partial charge in [-0.25, -0.2) is 4.57 Å². The van der Waals surface area contributed by atoms with E-state index in [1.54, 1.807) is 12.1 Å². The molecule has 0 aliphatic carbocycles. The highest BCUT2D eigenvalue weighted by Crippen LogP contribution is 2.37. The Bertz CT molecular complexity index is 1580. The average Bonchev–Trinajstić information content (AvgIpc) is 2.99. The second kappa shape index (κ2) is 18.0. The van der Waals surface area contributed by atoms with Crippen LogP contribution in [0.4, 0.5) is 0 Å². The maximum absolute atomic E-state index is 10.7. The number of carbonyl (C=O) groups is 2. The van der Waals surface area contributed by atoms with E-state index in [9.17, 15) is 14.2 Å². The number of aryl methyl sites for hydroxylation is 2. The van der Waals surface area contributed by atoms with Gasteiger partial charge >= 0.3 is 26.9 Å². The Kier molecular flexibility index (Phi) is 14.8. The van der Waals surface area contributed by atoms with Gasteiger partial charge in [0, 0.05) is 0 Å². The minimum absolute atomic E-state index is 0.00554. The maximum atomic E-state index is 10.7. The third-order valence-electron chi connectivity index (χ3n) is 6.41. The van der Waals surface area contributed by atoms with Gasteiger partial charge in [0.25, 0.3) is 0 Å². The molecule has 46 heavy (non-hydrogen) atoms. The summed E-state index contributed by atoms with van der Waals surface area (Å²) in [6.07, 6.45) is 0.481. The molecule has 4 rings (SSSR count). The molecule has 0 amide bonds. The molecule has 0 radical (unpaired) electrons. The van der Waals surface area contributed by atoms with Gasteiger partial charge < -0.3 is 36.3 Å². The zero-order valence-electron chi connectivity index (χ0n) is 25.3. The summed E-state index contributed by atoms with van der Waals surface area (Å²) in [5.41, 5.74) is 17.6. The molecule has 2 unspecified atom stereocenters. The summed E-state index contributed by atoms with van der Waals surface area (Å²) in [6, 6.07) is 27.0. The quantitative estimate of drug-likeness (QED) is 0.0911. The predicted octanol–water partition coefficient (Wildman–Crippen LogP) is 2.40. The Morgan fingerprint density at radius 2 is 1.02 bits per heavy atom. The molecule has 0 saturated carbocycles. The van der Waals surface area contributed by atoms with Crippen LogP contribution < -0.4 is 21.5 Å². The summed E-state index contributed by atoms with van der Waals surface area (Å²) in [5, 5.41) is 34.7. The van der Waals surface area contributed by atoms with Crippen LogP contribution in [-0.4, -0.2) is 61.2 Å². The lowest BCUT2D eigenvalue weighted by Crippen LogP contribution is -2.32. The van der Waals surface area contributed by atoms with Crippen molar-refractivity contribution in [2.24, 2.45) is 11.5 Å². The number of phosphoric acid groups is 1. The van der Waals surface area contributed by atoms with Gasteiger partial charge in [0.15, 0.2) is 0 Å². The van der Waals surface area contributed by atoms with Gasteiger partial charge in [-0.3, -0.25) is 19.4 Å². The molecule has 0 aromatic heterocycles. The van der Waals surface area contributed by atoms with Gasteiger partial charge in [-0.2, -0.15) is 0 Å². The van der Waals surface area contributed by atoms with Crippen molar-refractivity contribution in [2.45, 2.75) is 38.8 Å². The molecule has 0 aliphatic heterocycles. The summed E-state index contributed by atoms with van der Waals surface area (Å²) >= 11 is 0. The van der Waals surface area contributed by atoms with Gasteiger partial charge in [-0.1, -0.05) is 96.1 Å². The number of rotatable bonds is 10. The first-order valence-electron chi connectivity index (χ1n) is 13.9. The largest absolute Gasteiger partial charge is 0.524 e. The van der Waals surface area contributed by atoms with E-state index in [2.05, 4.69) is 35.7 Å². The monoisotopic (exact) mass is 652 g/mol. The Morgan fingerprint density at radius 1 is 0.674 bits per heavy atom. The third kappa shape index (κ3) is 14.2. The van der Waals surface area contributed by atoms with Crippen molar-refractivity contribution >= 4 is 32.3 Å². The van der Waals surface area contributed by atoms with E-state index < -0.39 is 39.0 Å². The summed E-state index contributed by atoms with van der Waals surface area (Å²) < 4.78 is 14.9. The van der Waals surface area contributed by atoms with E-state index in [4.69, 9.17) is 41.5 Å². The van der Waals surface area contributed by atoms with E-state index >= 15 is 0 Å². The van der Waals surface area contributed by atoms with Crippen LogP contribution in [0.5, 0.6) is 5.75 Å². The molecule has 0 spiro atoms. The number of nitrogens with two attached hydrogens (primary N) is 2. The Balaban J connectivity index is 0.000000251. The van der Waals surface area contributed by atoms with Crippen molar-refractivity contribution in [3.05, 3.63) is 119 Å². The molecular formula is C32H38BN2O10P. The van der Waals surface area contributed by atoms with Crippen LogP contribution in [0.1, 0.15) is 22.3 Å². The highest BCUT2D eigenvalue weighted by molar-refractivity contribution is 7.46. The number of hydrogen-bond acceptors (Lipinski definition) is 8. The minimum Gasteiger partial charge on any atom is -0.480 e. The average molecular weight is 652 g/mol. The van der Waals surface area contributed by atoms with Crippen molar-refractivity contribution < 1.29 is 48.7 Å². The number of phosphoric ester groups is 1. The van der Waals surface area contributed by atoms with Crippen LogP contribution in [0.2, 0.25) is 0 Å². The fourth-order valence-corrected chi connectivity index (χ4v) is 4.22. The van der Waals surface area contributed by atoms with E-state index in [0.29, 0.717) is 17.4 Å². The molecule has 0 heterocycles. The second-order valence-corrected chi connectivity index (χ2v) is 11.5. The minimum atomic E-state index is -4.56. The van der Waals surface area contributed by atoms with Crippen LogP contribution in [0.15, 0.2) is 97.1 Å². The summed E-state index contributed by atoms with van der Waals surface area (Å²) in [6.45, 7) is 4.01. The van der Waals surface area contributed by atoms with Crippen molar-refractivity contribution in [2.75, 3.05) is 0 Å². The van der Waals surface area contributed by atoms with Gasteiger partial charge in [-0.15, -0.1) is 0 Å². The summed E-state index contributed by atoms with van der Waals surface area (Å²) in [7, 11) is -5.91. The number of hydrogen-bond donors (Lipinski definition) is 8. The van der Waals surface area contributed by atoms with Crippen molar-refractivity contribution in [3.63, 3.8) is 0 Å². The van der Waals surface area contributed by atoms with E-state index in [-0.39, 0.29) is 12.2 Å². The molecule has 4 aromatic carbocycles. The summed E-state index contributed by atoms with van der Waals surface area (Å²) in [5.74, 6) is -2.07. The number of carboxylic acids is 2. The fourth-order valence-electron chi connectivity index (χ4n) is 3.82. The zero-order chi connectivity index (χ0) is 34.4. The lowest BCUT2D eigenvalue weighted by atomic mass is 9.80. The molecule has 4 aromatic rings. The third-order valence-corrected chi connectivity index (χ3v) is 6.86. The van der Waals surface area contributed by atoms with Crippen LogP contribution in [-0.2, 0) is 27.0 Å². The van der Waals surface area contributed by atoms with Gasteiger partial charge in [0.05, 0.1) is 0 Å². The highest BCUT2D eigenvalue weighted by Gasteiger charge is 2.16. The SMILES string of the molecule is Cc1ccc(-c2ccc(CC(N)C(=O)O)cc2)cc1.Cc1ccc(B(O)O)cc1.NC(Cc1ccc(OP(=O)(O)O)cc1)C(=O)O. The first-order valence-corrected chi connectivity index (χ1v) is 15.5. The Hall–Kier alpha value is -4.33. The van der Waals surface area contributed by atoms with Gasteiger partial charge in [0.2, 0.25) is 0 Å². The normalized spacial score (nSPS) is 11.9. The summed E-state index contributed by atoms with van der Waals surface area (Å²) in [4.78, 5) is 38.3. The van der Waals surface area contributed by atoms with Crippen molar-refractivity contribution in [3.8, 4) is 16.9 Å². The molecule has 10 N–H and O–H groups in total. The smallest absolute Gasteiger partial charge is 0.480 e. The second-order valence-electron chi connectivity index (χ2n) is 10.4. The van der Waals surface area contributed by atoms with E-state index in [1.165, 1.54) is 29.8 Å². The van der Waals surface area contributed by atoms with Crippen molar-refractivity contribution in [1.29, 1.82) is 0 Å². The topological polar surface area (TPSA) is 234 Å². The highest BCUT2D eigenvalue weighted by atomic mass is 31.2. The first kappa shape index (κ1) is 37.9. The number of aliphatic carboxylic acids is 2. The number of benzene rings is 4. The standard InChI is InChI=1S/C16H17NO2.C9H12NO6P.C7H9BO2/c1-11-2-6-13(7-3-11)14-8-4-12(5-9-14)10-15(17)16(18)19;10-8(9(11)12)5-6-1-3-7(4-2-6)16-17(13,14)15;1-6-2-4-7(5-3-6)8(9)10/h2-9,15H,10,17H2,1H3,(H,18,19);1-4,8H,5,10H2,(H,11,12)(H2,13,14,15);2-5,9-10H,1H3. The van der Waals surface area contributed by atoms with Crippen LogP contribution in [0, 0.1) is 13.8 Å². The van der Waals surface area contributed by atoms with Crippen LogP contribution >= 0.6 is 7.82 Å². The molecule has 244 valence electrons. The van der Waals surface area contributed by atoms with Crippen LogP contribution in [0.3, 0.4) is 0 Å². The zero-order valence-corrected chi connectivity index (χ0v) is 26.2. The molecule has 0 aliphatic rings. The first-order chi connectivity index (χ1) is 21.5. The van der Waals surface area contributed by atoms with Crippen LogP contribution in [0.25, 0.3) is 11.1 Å². The maximum Gasteiger partial charge on any atom is 0.524 e. The van der Waals surface area contributed by atoms with Crippen molar-refractivity contribution in [1.82, 2.24) is 0 Å². The molecule has 14 heteroatoms. The fraction of sp³-hybridized carbons (Fsp3) is 0.188. The molecule has 0 saturated heterocycles. The molecule has 2 atom stereocenters. The molecule has 12 nitrogen and oxygen atoms in total.